The lowest BCUT2D eigenvalue weighted by Crippen LogP contribution is -2.51. The number of fused-ring (bicyclic) bond motifs is 1. The zero-order chi connectivity index (χ0) is 20.9. The molecule has 2 aliphatic rings. The summed E-state index contributed by atoms with van der Waals surface area (Å²) in [5, 5.41) is 1.24. The van der Waals surface area contributed by atoms with Gasteiger partial charge in [-0.1, -0.05) is 35.0 Å². The first-order valence-electron chi connectivity index (χ1n) is 10.0. The molecule has 0 bridgehead atoms. The number of piperidine rings is 1. The smallest absolute Gasteiger partial charge is 0.211 e. The quantitative estimate of drug-likeness (QED) is 0.615. The van der Waals surface area contributed by atoms with Crippen LogP contribution in [0.2, 0.25) is 10.0 Å². The summed E-state index contributed by atoms with van der Waals surface area (Å²) in [5.74, 6) is 0.907. The van der Waals surface area contributed by atoms with Crippen molar-refractivity contribution in [3.8, 4) is 0 Å². The Kier molecular flexibility index (Phi) is 5.35. The van der Waals surface area contributed by atoms with Crippen LogP contribution in [0.15, 0.2) is 46.6 Å². The van der Waals surface area contributed by atoms with Gasteiger partial charge in [0.2, 0.25) is 5.95 Å². The second-order valence-corrected chi connectivity index (χ2v) is 10.0. The van der Waals surface area contributed by atoms with Crippen molar-refractivity contribution in [3.05, 3.63) is 46.8 Å². The molecule has 0 aliphatic carbocycles. The Bertz CT molecular complexity index is 1080. The molecule has 0 amide bonds. The minimum atomic E-state index is 0.0884. The molecule has 158 valence electrons. The van der Waals surface area contributed by atoms with Gasteiger partial charge < -0.3 is 15.4 Å². The Morgan fingerprint density at radius 3 is 2.70 bits per heavy atom. The summed E-state index contributed by atoms with van der Waals surface area (Å²) in [7, 11) is 0. The Labute approximate surface area is 189 Å². The first-order valence-corrected chi connectivity index (χ1v) is 11.6. The van der Waals surface area contributed by atoms with Crippen LogP contribution in [0, 0.1) is 5.41 Å². The maximum atomic E-state index is 6.46. The fourth-order valence-electron chi connectivity index (χ4n) is 4.49. The highest BCUT2D eigenvalue weighted by Crippen LogP contribution is 2.42. The lowest BCUT2D eigenvalue weighted by molar-refractivity contribution is 0.0973. The van der Waals surface area contributed by atoms with Gasteiger partial charge in [0, 0.05) is 53.1 Å². The van der Waals surface area contributed by atoms with Gasteiger partial charge in [0.1, 0.15) is 0 Å². The van der Waals surface area contributed by atoms with E-state index in [9.17, 15) is 0 Å². The first kappa shape index (κ1) is 20.4. The number of hydrogen-bond acceptors (Lipinski definition) is 6. The topological polar surface area (TPSA) is 68.7 Å². The minimum Gasteiger partial charge on any atom is -0.376 e. The molecule has 0 radical (unpaired) electrons. The molecule has 2 aromatic heterocycles. The van der Waals surface area contributed by atoms with Gasteiger partial charge in [-0.2, -0.15) is 0 Å². The number of halogens is 2. The molecule has 2 aliphatic heterocycles. The van der Waals surface area contributed by atoms with Gasteiger partial charge in [0.15, 0.2) is 5.65 Å². The van der Waals surface area contributed by atoms with E-state index in [4.69, 9.17) is 38.7 Å². The molecule has 0 saturated carbocycles. The van der Waals surface area contributed by atoms with E-state index in [1.165, 1.54) is 0 Å². The van der Waals surface area contributed by atoms with Gasteiger partial charge >= 0.3 is 0 Å². The molecule has 2 fully saturated rings. The number of ether oxygens (including phenoxy) is 1. The average Bonchev–Trinajstić information content (AvgIpc) is 3.33. The Balaban J connectivity index is 1.40. The Morgan fingerprint density at radius 1 is 1.20 bits per heavy atom. The third kappa shape index (κ3) is 3.46. The highest BCUT2D eigenvalue weighted by molar-refractivity contribution is 7.99. The van der Waals surface area contributed by atoms with Crippen LogP contribution in [-0.2, 0) is 4.74 Å². The molecular weight excluding hydrogens is 441 g/mol. The second-order valence-electron chi connectivity index (χ2n) is 8.11. The summed E-state index contributed by atoms with van der Waals surface area (Å²) in [6, 6.07) is 5.60. The molecule has 2 saturated heterocycles. The van der Waals surface area contributed by atoms with Crippen LogP contribution in [0.25, 0.3) is 5.65 Å². The maximum Gasteiger partial charge on any atom is 0.211 e. The van der Waals surface area contributed by atoms with Crippen LogP contribution in [-0.4, -0.2) is 46.2 Å². The zero-order valence-corrected chi connectivity index (χ0v) is 18.9. The van der Waals surface area contributed by atoms with Gasteiger partial charge in [-0.05, 0) is 38.0 Å². The van der Waals surface area contributed by atoms with E-state index < -0.39 is 0 Å². The predicted molar refractivity (Wildman–Crippen MR) is 121 cm³/mol. The highest BCUT2D eigenvalue weighted by Gasteiger charge is 2.47. The standard InChI is InChI=1S/C21H23Cl2N5OS/c1-13-18(24)21(12-29-13)4-7-27(8-5-21)20-26-11-17(19-25-6-9-28(19)20)30-16-3-2-14(22)10-15(16)23/h2-3,6,9-11,13,18H,4-5,7-8,12,24H2,1H3/t13-,18+/m0/s1. The van der Waals surface area contributed by atoms with Crippen LogP contribution in [0.1, 0.15) is 19.8 Å². The number of anilines is 1. The minimum absolute atomic E-state index is 0.0884. The van der Waals surface area contributed by atoms with Crippen LogP contribution in [0.4, 0.5) is 5.95 Å². The van der Waals surface area contributed by atoms with Gasteiger partial charge in [-0.25, -0.2) is 9.97 Å². The van der Waals surface area contributed by atoms with Crippen molar-refractivity contribution >= 4 is 46.6 Å². The van der Waals surface area contributed by atoms with E-state index in [0.717, 1.165) is 53.9 Å². The lowest BCUT2D eigenvalue weighted by atomic mass is 9.73. The molecule has 6 nitrogen and oxygen atoms in total. The van der Waals surface area contributed by atoms with Gasteiger partial charge in [0.25, 0.3) is 0 Å². The van der Waals surface area contributed by atoms with Gasteiger partial charge in [0.05, 0.1) is 22.6 Å². The maximum absolute atomic E-state index is 6.46. The van der Waals surface area contributed by atoms with Crippen LogP contribution < -0.4 is 10.6 Å². The molecule has 3 aromatic rings. The third-order valence-electron chi connectivity index (χ3n) is 6.38. The SMILES string of the molecule is C[C@@H]1OCC2(CCN(c3ncc(Sc4ccc(Cl)cc4Cl)c4nccn34)CC2)[C@@H]1N. The number of nitrogens with two attached hydrogens (primary N) is 1. The first-order chi connectivity index (χ1) is 14.5. The van der Waals surface area contributed by atoms with E-state index in [-0.39, 0.29) is 17.6 Å². The summed E-state index contributed by atoms with van der Waals surface area (Å²) in [4.78, 5) is 13.6. The van der Waals surface area contributed by atoms with Crippen molar-refractivity contribution in [1.82, 2.24) is 14.4 Å². The fraction of sp³-hybridized carbons (Fsp3) is 0.429. The number of rotatable bonds is 3. The highest BCUT2D eigenvalue weighted by atomic mass is 35.5. The molecule has 1 aromatic carbocycles. The van der Waals surface area contributed by atoms with Crippen molar-refractivity contribution < 1.29 is 4.74 Å². The Hall–Kier alpha value is -1.51. The molecular formula is C21H23Cl2N5OS. The Morgan fingerprint density at radius 2 is 2.00 bits per heavy atom. The van der Waals surface area contributed by atoms with Crippen molar-refractivity contribution in [2.45, 2.75) is 41.7 Å². The molecule has 30 heavy (non-hydrogen) atoms. The predicted octanol–water partition coefficient (Wildman–Crippen LogP) is 4.52. The summed E-state index contributed by atoms with van der Waals surface area (Å²) in [6.45, 7) is 4.64. The van der Waals surface area contributed by atoms with Crippen molar-refractivity contribution in [2.75, 3.05) is 24.6 Å². The van der Waals surface area contributed by atoms with Crippen LogP contribution in [0.5, 0.6) is 0 Å². The molecule has 0 unspecified atom stereocenters. The van der Waals surface area contributed by atoms with E-state index in [2.05, 4.69) is 21.2 Å². The molecule has 9 heteroatoms. The molecule has 2 atom stereocenters. The van der Waals surface area contributed by atoms with E-state index >= 15 is 0 Å². The molecule has 4 heterocycles. The van der Waals surface area contributed by atoms with Gasteiger partial charge in [-0.15, -0.1) is 0 Å². The summed E-state index contributed by atoms with van der Waals surface area (Å²) in [6.07, 6.45) is 7.79. The third-order valence-corrected chi connectivity index (χ3v) is 8.12. The zero-order valence-electron chi connectivity index (χ0n) is 16.6. The molecule has 2 N–H and O–H groups in total. The van der Waals surface area contributed by atoms with Crippen LogP contribution in [0.3, 0.4) is 0 Å². The number of hydrogen-bond donors (Lipinski definition) is 1. The van der Waals surface area contributed by atoms with Crippen LogP contribution >= 0.6 is 35.0 Å². The number of nitrogens with zero attached hydrogens (tertiary/aromatic N) is 4. The van der Waals surface area contributed by atoms with Crippen molar-refractivity contribution in [1.29, 1.82) is 0 Å². The average molecular weight is 464 g/mol. The molecule has 5 rings (SSSR count). The normalized spacial score (nSPS) is 23.5. The summed E-state index contributed by atoms with van der Waals surface area (Å²) in [5.41, 5.74) is 7.42. The largest absolute Gasteiger partial charge is 0.376 e. The molecule has 1 spiro atoms. The second kappa shape index (κ2) is 7.88. The van der Waals surface area contributed by atoms with E-state index in [1.54, 1.807) is 17.8 Å². The number of benzene rings is 1. The van der Waals surface area contributed by atoms with E-state index in [0.29, 0.717) is 10.0 Å². The van der Waals surface area contributed by atoms with Crippen molar-refractivity contribution in [2.24, 2.45) is 11.1 Å². The van der Waals surface area contributed by atoms with E-state index in [1.807, 2.05) is 30.7 Å². The monoisotopic (exact) mass is 463 g/mol. The summed E-state index contributed by atoms with van der Waals surface area (Å²) < 4.78 is 7.90. The van der Waals surface area contributed by atoms with Gasteiger partial charge in [-0.3, -0.25) is 4.40 Å². The number of aromatic nitrogens is 3. The number of imidazole rings is 1. The van der Waals surface area contributed by atoms with Crippen molar-refractivity contribution in [3.63, 3.8) is 0 Å². The lowest BCUT2D eigenvalue weighted by Gasteiger charge is -2.41. The fourth-order valence-corrected chi connectivity index (χ4v) is 5.89. The summed E-state index contributed by atoms with van der Waals surface area (Å²) >= 11 is 13.9.